The average molecular weight is 264 g/mol. The number of aryl methyl sites for hydroxylation is 2. The molecule has 0 unspecified atom stereocenters. The van der Waals surface area contributed by atoms with Gasteiger partial charge in [0.1, 0.15) is 12.4 Å². The molecule has 1 aliphatic rings. The van der Waals surface area contributed by atoms with Gasteiger partial charge in [-0.25, -0.2) is 0 Å². The highest BCUT2D eigenvalue weighted by Gasteiger charge is 2.37. The first-order valence-corrected chi connectivity index (χ1v) is 7.05. The molecule has 4 nitrogen and oxygen atoms in total. The standard InChI is InChI=1S/C15H24N2O2/c1-4-18-11-19-15(6-9-16-10-7-15)14-12(2)5-8-17-13(14)3/h5,8,16H,4,6-7,9-11H2,1-3H3. The molecule has 1 N–H and O–H groups in total. The van der Waals surface area contributed by atoms with Crippen LogP contribution in [0, 0.1) is 13.8 Å². The summed E-state index contributed by atoms with van der Waals surface area (Å²) in [5.41, 5.74) is 3.32. The van der Waals surface area contributed by atoms with Crippen LogP contribution in [0.2, 0.25) is 0 Å². The Morgan fingerprint density at radius 2 is 2.05 bits per heavy atom. The van der Waals surface area contributed by atoms with Crippen LogP contribution in [0.25, 0.3) is 0 Å². The topological polar surface area (TPSA) is 43.4 Å². The second kappa shape index (κ2) is 6.46. The summed E-state index contributed by atoms with van der Waals surface area (Å²) in [6.07, 6.45) is 3.80. The molecule has 0 aromatic carbocycles. The molecule has 1 fully saturated rings. The molecule has 0 amide bonds. The van der Waals surface area contributed by atoms with Crippen molar-refractivity contribution in [1.82, 2.24) is 10.3 Å². The zero-order chi connectivity index (χ0) is 13.7. The summed E-state index contributed by atoms with van der Waals surface area (Å²) in [4.78, 5) is 4.45. The van der Waals surface area contributed by atoms with E-state index in [-0.39, 0.29) is 5.60 Å². The fourth-order valence-electron chi connectivity index (χ4n) is 2.92. The molecule has 1 aromatic heterocycles. The highest BCUT2D eigenvalue weighted by atomic mass is 16.7. The Hall–Kier alpha value is -0.970. The number of nitrogens with zero attached hydrogens (tertiary/aromatic N) is 1. The van der Waals surface area contributed by atoms with Crippen LogP contribution in [-0.2, 0) is 15.1 Å². The van der Waals surface area contributed by atoms with E-state index in [1.807, 2.05) is 13.1 Å². The van der Waals surface area contributed by atoms with Crippen molar-refractivity contribution in [3.05, 3.63) is 29.1 Å². The second-order valence-electron chi connectivity index (χ2n) is 5.09. The van der Waals surface area contributed by atoms with Crippen LogP contribution < -0.4 is 5.32 Å². The van der Waals surface area contributed by atoms with Crippen LogP contribution in [0.5, 0.6) is 0 Å². The average Bonchev–Trinajstić information content (AvgIpc) is 2.40. The molecule has 2 rings (SSSR count). The molecule has 0 spiro atoms. The molecule has 1 aromatic rings. The predicted octanol–water partition coefficient (Wildman–Crippen LogP) is 2.29. The first kappa shape index (κ1) is 14.4. The van der Waals surface area contributed by atoms with E-state index < -0.39 is 0 Å². The summed E-state index contributed by atoms with van der Waals surface area (Å²) in [5.74, 6) is 0. The molecule has 1 saturated heterocycles. The molecule has 0 aliphatic carbocycles. The number of hydrogen-bond donors (Lipinski definition) is 1. The minimum absolute atomic E-state index is 0.247. The Labute approximate surface area is 115 Å². The van der Waals surface area contributed by atoms with E-state index in [0.717, 1.165) is 31.6 Å². The van der Waals surface area contributed by atoms with Gasteiger partial charge < -0.3 is 14.8 Å². The van der Waals surface area contributed by atoms with Gasteiger partial charge in [0.05, 0.1) is 0 Å². The van der Waals surface area contributed by atoms with Gasteiger partial charge in [-0.2, -0.15) is 0 Å². The maximum absolute atomic E-state index is 6.16. The highest BCUT2D eigenvalue weighted by molar-refractivity contribution is 5.34. The lowest BCUT2D eigenvalue weighted by molar-refractivity contribution is -0.156. The van der Waals surface area contributed by atoms with E-state index in [2.05, 4.69) is 30.2 Å². The Kier molecular flexibility index (Phi) is 4.91. The molecule has 2 heterocycles. The van der Waals surface area contributed by atoms with Crippen molar-refractivity contribution in [2.24, 2.45) is 0 Å². The van der Waals surface area contributed by atoms with E-state index >= 15 is 0 Å². The van der Waals surface area contributed by atoms with Crippen molar-refractivity contribution in [3.8, 4) is 0 Å². The minimum atomic E-state index is -0.247. The molecular formula is C15H24N2O2. The van der Waals surface area contributed by atoms with Crippen LogP contribution in [0.4, 0.5) is 0 Å². The summed E-state index contributed by atoms with van der Waals surface area (Å²) in [6, 6.07) is 2.07. The van der Waals surface area contributed by atoms with Gasteiger partial charge in [-0.15, -0.1) is 0 Å². The van der Waals surface area contributed by atoms with Gasteiger partial charge in [-0.1, -0.05) is 0 Å². The number of rotatable bonds is 5. The lowest BCUT2D eigenvalue weighted by Gasteiger charge is -2.39. The molecule has 0 saturated carbocycles. The van der Waals surface area contributed by atoms with Crippen LogP contribution in [-0.4, -0.2) is 31.5 Å². The molecule has 106 valence electrons. The highest BCUT2D eigenvalue weighted by Crippen LogP contribution is 2.37. The fourth-order valence-corrected chi connectivity index (χ4v) is 2.92. The number of nitrogens with one attached hydrogen (secondary N) is 1. The maximum Gasteiger partial charge on any atom is 0.147 e. The van der Waals surface area contributed by atoms with Crippen molar-refractivity contribution >= 4 is 0 Å². The molecule has 1 aliphatic heterocycles. The molecule has 0 bridgehead atoms. The van der Waals surface area contributed by atoms with Crippen LogP contribution in [0.3, 0.4) is 0 Å². The van der Waals surface area contributed by atoms with Crippen molar-refractivity contribution in [2.45, 2.75) is 39.2 Å². The third kappa shape index (κ3) is 3.14. The summed E-state index contributed by atoms with van der Waals surface area (Å²) >= 11 is 0. The first-order valence-electron chi connectivity index (χ1n) is 7.05. The third-order valence-corrected chi connectivity index (χ3v) is 3.84. The molecule has 4 heteroatoms. The van der Waals surface area contributed by atoms with Crippen molar-refractivity contribution in [2.75, 3.05) is 26.5 Å². The lowest BCUT2D eigenvalue weighted by Crippen LogP contribution is -2.43. The summed E-state index contributed by atoms with van der Waals surface area (Å²) < 4.78 is 11.6. The molecule has 0 atom stereocenters. The number of ether oxygens (including phenoxy) is 2. The number of hydrogen-bond acceptors (Lipinski definition) is 4. The van der Waals surface area contributed by atoms with E-state index in [4.69, 9.17) is 9.47 Å². The Bertz CT molecular complexity index is 394. The monoisotopic (exact) mass is 264 g/mol. The smallest absolute Gasteiger partial charge is 0.147 e. The fraction of sp³-hybridized carbons (Fsp3) is 0.667. The van der Waals surface area contributed by atoms with Gasteiger partial charge in [-0.05, 0) is 58.3 Å². The summed E-state index contributed by atoms with van der Waals surface area (Å²) in [6.45, 7) is 9.16. The van der Waals surface area contributed by atoms with E-state index in [9.17, 15) is 0 Å². The predicted molar refractivity (Wildman–Crippen MR) is 75.1 cm³/mol. The van der Waals surface area contributed by atoms with Crippen LogP contribution >= 0.6 is 0 Å². The third-order valence-electron chi connectivity index (χ3n) is 3.84. The minimum Gasteiger partial charge on any atom is -0.356 e. The van der Waals surface area contributed by atoms with Crippen molar-refractivity contribution in [3.63, 3.8) is 0 Å². The number of pyridine rings is 1. The van der Waals surface area contributed by atoms with E-state index in [1.165, 1.54) is 11.1 Å². The van der Waals surface area contributed by atoms with Gasteiger partial charge >= 0.3 is 0 Å². The SMILES string of the molecule is CCOCOC1(c2c(C)ccnc2C)CCNCC1. The van der Waals surface area contributed by atoms with Crippen molar-refractivity contribution in [1.29, 1.82) is 0 Å². The summed E-state index contributed by atoms with van der Waals surface area (Å²) in [5, 5.41) is 3.40. The Balaban J connectivity index is 2.30. The lowest BCUT2D eigenvalue weighted by atomic mass is 9.81. The zero-order valence-electron chi connectivity index (χ0n) is 12.2. The first-order chi connectivity index (χ1) is 9.19. The Morgan fingerprint density at radius 3 is 2.68 bits per heavy atom. The normalized spacial score (nSPS) is 18.5. The largest absolute Gasteiger partial charge is 0.356 e. The number of aromatic nitrogens is 1. The Morgan fingerprint density at radius 1 is 1.32 bits per heavy atom. The van der Waals surface area contributed by atoms with Crippen molar-refractivity contribution < 1.29 is 9.47 Å². The summed E-state index contributed by atoms with van der Waals surface area (Å²) in [7, 11) is 0. The molecular weight excluding hydrogens is 240 g/mol. The van der Waals surface area contributed by atoms with Gasteiger partial charge in [0.2, 0.25) is 0 Å². The number of piperidine rings is 1. The van der Waals surface area contributed by atoms with Gasteiger partial charge in [-0.3, -0.25) is 4.98 Å². The zero-order valence-corrected chi connectivity index (χ0v) is 12.2. The van der Waals surface area contributed by atoms with Gasteiger partial charge in [0, 0.05) is 24.1 Å². The van der Waals surface area contributed by atoms with E-state index in [0.29, 0.717) is 13.4 Å². The van der Waals surface area contributed by atoms with Crippen LogP contribution in [0.1, 0.15) is 36.6 Å². The maximum atomic E-state index is 6.16. The quantitative estimate of drug-likeness (QED) is 0.654. The molecule has 19 heavy (non-hydrogen) atoms. The second-order valence-corrected chi connectivity index (χ2v) is 5.09. The van der Waals surface area contributed by atoms with Gasteiger partial charge in [0.25, 0.3) is 0 Å². The van der Waals surface area contributed by atoms with E-state index in [1.54, 1.807) is 0 Å². The van der Waals surface area contributed by atoms with Gasteiger partial charge in [0.15, 0.2) is 0 Å². The molecule has 0 radical (unpaired) electrons. The van der Waals surface area contributed by atoms with Crippen LogP contribution in [0.15, 0.2) is 12.3 Å².